The van der Waals surface area contributed by atoms with E-state index in [0.29, 0.717) is 6.04 Å². The van der Waals surface area contributed by atoms with Crippen LogP contribution in [0, 0.1) is 0 Å². The van der Waals surface area contributed by atoms with Crippen molar-refractivity contribution in [3.8, 4) is 0 Å². The highest BCUT2D eigenvalue weighted by atomic mass is 32.2. The van der Waals surface area contributed by atoms with Gasteiger partial charge in [0.25, 0.3) is 0 Å². The fourth-order valence-electron chi connectivity index (χ4n) is 1.49. The van der Waals surface area contributed by atoms with Crippen LogP contribution in [-0.4, -0.2) is 49.1 Å². The summed E-state index contributed by atoms with van der Waals surface area (Å²) in [7, 11) is 0. The first-order chi connectivity index (χ1) is 6.78. The van der Waals surface area contributed by atoms with Gasteiger partial charge in [-0.05, 0) is 25.8 Å². The summed E-state index contributed by atoms with van der Waals surface area (Å²) in [6.45, 7) is 11.3. The minimum Gasteiger partial charge on any atom is -0.312 e. The van der Waals surface area contributed by atoms with Crippen LogP contribution in [-0.2, 0) is 0 Å². The van der Waals surface area contributed by atoms with Crippen molar-refractivity contribution in [2.24, 2.45) is 0 Å². The van der Waals surface area contributed by atoms with Crippen molar-refractivity contribution in [3.63, 3.8) is 0 Å². The lowest BCUT2D eigenvalue weighted by Gasteiger charge is -2.21. The predicted molar refractivity (Wildman–Crippen MR) is 68.3 cm³/mol. The van der Waals surface area contributed by atoms with E-state index in [1.165, 1.54) is 18.7 Å². The minimum absolute atomic E-state index is 0.695. The number of hydrogen-bond acceptors (Lipinski definition) is 3. The van der Waals surface area contributed by atoms with E-state index < -0.39 is 0 Å². The molecule has 0 amide bonds. The molecule has 0 saturated heterocycles. The maximum absolute atomic E-state index is 3.61. The molecule has 2 nitrogen and oxygen atoms in total. The summed E-state index contributed by atoms with van der Waals surface area (Å²) >= 11 is 1.93. The summed E-state index contributed by atoms with van der Waals surface area (Å²) < 4.78 is 0. The smallest absolute Gasteiger partial charge is 0.0156 e. The van der Waals surface area contributed by atoms with Crippen LogP contribution in [0.5, 0.6) is 0 Å². The molecule has 0 spiro atoms. The Morgan fingerprint density at radius 3 is 2.29 bits per heavy atom. The van der Waals surface area contributed by atoms with Gasteiger partial charge < -0.3 is 10.2 Å². The second-order valence-electron chi connectivity index (χ2n) is 3.54. The van der Waals surface area contributed by atoms with Crippen molar-refractivity contribution in [1.29, 1.82) is 0 Å². The van der Waals surface area contributed by atoms with Gasteiger partial charge >= 0.3 is 0 Å². The Morgan fingerprint density at radius 1 is 1.21 bits per heavy atom. The van der Waals surface area contributed by atoms with Gasteiger partial charge in [-0.2, -0.15) is 11.8 Å². The summed E-state index contributed by atoms with van der Waals surface area (Å²) in [5.41, 5.74) is 0. The lowest BCUT2D eigenvalue weighted by Crippen LogP contribution is -2.38. The van der Waals surface area contributed by atoms with Crippen LogP contribution in [0.15, 0.2) is 0 Å². The fraction of sp³-hybridized carbons (Fsp3) is 1.00. The van der Waals surface area contributed by atoms with Gasteiger partial charge in [0.1, 0.15) is 0 Å². The molecule has 0 rings (SSSR count). The minimum atomic E-state index is 0.695. The van der Waals surface area contributed by atoms with Crippen LogP contribution >= 0.6 is 11.8 Å². The van der Waals surface area contributed by atoms with E-state index in [0.717, 1.165) is 19.6 Å². The van der Waals surface area contributed by atoms with Crippen molar-refractivity contribution in [3.05, 3.63) is 0 Å². The standard InChI is InChI=1S/C11H26N2S/c1-5-11(10-14-4)12-8-9-13(6-2)7-3/h11-12H,5-10H2,1-4H3. The molecule has 0 radical (unpaired) electrons. The Labute approximate surface area is 93.8 Å². The van der Waals surface area contributed by atoms with E-state index in [4.69, 9.17) is 0 Å². The van der Waals surface area contributed by atoms with Gasteiger partial charge in [0.2, 0.25) is 0 Å². The third kappa shape index (κ3) is 6.68. The van der Waals surface area contributed by atoms with Crippen molar-refractivity contribution < 1.29 is 0 Å². The molecule has 1 atom stereocenters. The molecule has 1 N–H and O–H groups in total. The van der Waals surface area contributed by atoms with Crippen LogP contribution in [0.25, 0.3) is 0 Å². The Bertz CT molecular complexity index is 116. The lowest BCUT2D eigenvalue weighted by molar-refractivity contribution is 0.297. The van der Waals surface area contributed by atoms with Gasteiger partial charge in [0, 0.05) is 24.9 Å². The first-order valence-electron chi connectivity index (χ1n) is 5.73. The average molecular weight is 218 g/mol. The van der Waals surface area contributed by atoms with Gasteiger partial charge in [0.15, 0.2) is 0 Å². The van der Waals surface area contributed by atoms with Crippen molar-refractivity contribution in [2.45, 2.75) is 33.2 Å². The molecule has 0 aromatic rings. The first kappa shape index (κ1) is 14.3. The number of hydrogen-bond donors (Lipinski definition) is 1. The Kier molecular flexibility index (Phi) is 10.0. The van der Waals surface area contributed by atoms with Crippen LogP contribution < -0.4 is 5.32 Å². The SMILES string of the molecule is CCC(CSC)NCCN(CC)CC. The molecule has 0 heterocycles. The number of nitrogens with one attached hydrogen (secondary N) is 1. The maximum Gasteiger partial charge on any atom is 0.0156 e. The van der Waals surface area contributed by atoms with E-state index >= 15 is 0 Å². The topological polar surface area (TPSA) is 15.3 Å². The molecular weight excluding hydrogens is 192 g/mol. The second kappa shape index (κ2) is 9.81. The van der Waals surface area contributed by atoms with Crippen molar-refractivity contribution in [2.75, 3.05) is 38.2 Å². The highest BCUT2D eigenvalue weighted by molar-refractivity contribution is 7.98. The van der Waals surface area contributed by atoms with E-state index in [9.17, 15) is 0 Å². The van der Waals surface area contributed by atoms with E-state index in [1.807, 2.05) is 11.8 Å². The zero-order valence-electron chi connectivity index (χ0n) is 10.2. The summed E-state index contributed by atoms with van der Waals surface area (Å²) in [5.74, 6) is 1.23. The number of thioether (sulfide) groups is 1. The summed E-state index contributed by atoms with van der Waals surface area (Å²) in [4.78, 5) is 2.46. The second-order valence-corrected chi connectivity index (χ2v) is 4.45. The van der Waals surface area contributed by atoms with Crippen LogP contribution in [0.4, 0.5) is 0 Å². The molecule has 3 heteroatoms. The summed E-state index contributed by atoms with van der Waals surface area (Å²) in [6, 6.07) is 0.695. The fourth-order valence-corrected chi connectivity index (χ4v) is 2.24. The summed E-state index contributed by atoms with van der Waals surface area (Å²) in [5, 5.41) is 3.61. The molecule has 0 fully saturated rings. The predicted octanol–water partition coefficient (Wildman–Crippen LogP) is 2.06. The van der Waals surface area contributed by atoms with E-state index in [1.54, 1.807) is 0 Å². The Hall–Kier alpha value is 0.270. The van der Waals surface area contributed by atoms with Crippen LogP contribution in [0.1, 0.15) is 27.2 Å². The molecule has 0 aliphatic rings. The van der Waals surface area contributed by atoms with Gasteiger partial charge in [-0.25, -0.2) is 0 Å². The molecule has 1 unspecified atom stereocenters. The van der Waals surface area contributed by atoms with Gasteiger partial charge in [0.05, 0.1) is 0 Å². The molecule has 86 valence electrons. The van der Waals surface area contributed by atoms with Crippen LogP contribution in [0.2, 0.25) is 0 Å². The zero-order chi connectivity index (χ0) is 10.8. The maximum atomic E-state index is 3.61. The Balaban J connectivity index is 3.48. The van der Waals surface area contributed by atoms with E-state index in [-0.39, 0.29) is 0 Å². The van der Waals surface area contributed by atoms with Crippen molar-refractivity contribution >= 4 is 11.8 Å². The van der Waals surface area contributed by atoms with E-state index in [2.05, 4.69) is 37.2 Å². The quantitative estimate of drug-likeness (QED) is 0.638. The molecular formula is C11H26N2S. The third-order valence-corrected chi connectivity index (χ3v) is 3.35. The molecule has 0 aromatic heterocycles. The molecule has 0 bridgehead atoms. The van der Waals surface area contributed by atoms with Crippen molar-refractivity contribution in [1.82, 2.24) is 10.2 Å². The molecule has 0 aliphatic carbocycles. The Morgan fingerprint density at radius 2 is 1.86 bits per heavy atom. The normalized spacial score (nSPS) is 13.5. The summed E-state index contributed by atoms with van der Waals surface area (Å²) in [6.07, 6.45) is 3.41. The van der Waals surface area contributed by atoms with Gasteiger partial charge in [-0.15, -0.1) is 0 Å². The number of likely N-dealkylation sites (N-methyl/N-ethyl adjacent to an activating group) is 1. The monoisotopic (exact) mass is 218 g/mol. The third-order valence-electron chi connectivity index (χ3n) is 2.62. The first-order valence-corrected chi connectivity index (χ1v) is 7.12. The lowest BCUT2D eigenvalue weighted by atomic mass is 10.2. The van der Waals surface area contributed by atoms with Gasteiger partial charge in [-0.1, -0.05) is 20.8 Å². The van der Waals surface area contributed by atoms with Gasteiger partial charge in [-0.3, -0.25) is 0 Å². The van der Waals surface area contributed by atoms with Crippen LogP contribution in [0.3, 0.4) is 0 Å². The molecule has 0 aromatic carbocycles. The highest BCUT2D eigenvalue weighted by Crippen LogP contribution is 2.00. The molecule has 0 saturated carbocycles. The number of nitrogens with zero attached hydrogens (tertiary/aromatic N) is 1. The highest BCUT2D eigenvalue weighted by Gasteiger charge is 2.04. The molecule has 14 heavy (non-hydrogen) atoms. The largest absolute Gasteiger partial charge is 0.312 e. The molecule has 0 aliphatic heterocycles. The average Bonchev–Trinajstić information content (AvgIpc) is 2.23. The zero-order valence-corrected chi connectivity index (χ0v) is 11.0. The number of rotatable bonds is 9.